The van der Waals surface area contributed by atoms with E-state index in [1.165, 1.54) is 4.80 Å². The Morgan fingerprint density at radius 3 is 2.77 bits per heavy atom. The molecular formula is C15H20N6O. The second-order valence-electron chi connectivity index (χ2n) is 5.66. The molecule has 0 bridgehead atoms. The number of amides is 1. The largest absolute Gasteiger partial charge is 0.350 e. The van der Waals surface area contributed by atoms with Crippen molar-refractivity contribution in [3.63, 3.8) is 0 Å². The molecule has 1 heterocycles. The molecule has 1 aromatic heterocycles. The third-order valence-corrected chi connectivity index (χ3v) is 3.96. The molecule has 0 radical (unpaired) electrons. The van der Waals surface area contributed by atoms with Crippen LogP contribution in [0.25, 0.3) is 11.4 Å². The maximum absolute atomic E-state index is 12.3. The first-order valence-corrected chi connectivity index (χ1v) is 7.54. The molecule has 0 spiro atoms. The first kappa shape index (κ1) is 14.6. The minimum atomic E-state index is -0.516. The van der Waals surface area contributed by atoms with Crippen molar-refractivity contribution < 1.29 is 4.79 Å². The van der Waals surface area contributed by atoms with Crippen LogP contribution >= 0.6 is 0 Å². The standard InChI is InChI=1S/C15H20N6O/c1-10(15(22)17-13(9-16)11-7-8-11)21-19-14(18-20-21)12-5-3-2-4-6-12/h2-6,10-11,13H,7-9,16H2,1H3,(H,17,22). The van der Waals surface area contributed by atoms with Crippen LogP contribution in [-0.2, 0) is 4.79 Å². The van der Waals surface area contributed by atoms with E-state index in [1.54, 1.807) is 6.92 Å². The van der Waals surface area contributed by atoms with Gasteiger partial charge in [0.05, 0.1) is 0 Å². The number of carbonyl (C=O) groups excluding carboxylic acids is 1. The van der Waals surface area contributed by atoms with Crippen LogP contribution in [0.2, 0.25) is 0 Å². The number of tetrazole rings is 1. The van der Waals surface area contributed by atoms with E-state index in [1.807, 2.05) is 30.3 Å². The molecule has 1 aliphatic carbocycles. The summed E-state index contributed by atoms with van der Waals surface area (Å²) in [6.07, 6.45) is 2.27. The lowest BCUT2D eigenvalue weighted by atomic mass is 10.1. The van der Waals surface area contributed by atoms with E-state index in [9.17, 15) is 4.79 Å². The van der Waals surface area contributed by atoms with Gasteiger partial charge in [0, 0.05) is 18.2 Å². The summed E-state index contributed by atoms with van der Waals surface area (Å²) in [5.74, 6) is 0.905. The van der Waals surface area contributed by atoms with Gasteiger partial charge in [-0.3, -0.25) is 4.79 Å². The maximum Gasteiger partial charge on any atom is 0.246 e. The van der Waals surface area contributed by atoms with Crippen molar-refractivity contribution in [2.24, 2.45) is 11.7 Å². The molecule has 2 unspecified atom stereocenters. The number of nitrogens with two attached hydrogens (primary N) is 1. The Kier molecular flexibility index (Phi) is 4.15. The number of aromatic nitrogens is 4. The Balaban J connectivity index is 1.68. The second-order valence-corrected chi connectivity index (χ2v) is 5.66. The molecular weight excluding hydrogens is 280 g/mol. The number of rotatable bonds is 6. The number of benzene rings is 1. The van der Waals surface area contributed by atoms with Crippen molar-refractivity contribution in [3.8, 4) is 11.4 Å². The number of carbonyl (C=O) groups is 1. The molecule has 0 aliphatic heterocycles. The first-order chi connectivity index (χ1) is 10.7. The number of nitrogens with one attached hydrogen (secondary N) is 1. The van der Waals surface area contributed by atoms with Crippen LogP contribution in [0, 0.1) is 5.92 Å². The fourth-order valence-corrected chi connectivity index (χ4v) is 2.37. The van der Waals surface area contributed by atoms with Gasteiger partial charge >= 0.3 is 0 Å². The molecule has 1 saturated carbocycles. The summed E-state index contributed by atoms with van der Waals surface area (Å²) >= 11 is 0. The fraction of sp³-hybridized carbons (Fsp3) is 0.467. The zero-order chi connectivity index (χ0) is 15.5. The van der Waals surface area contributed by atoms with Gasteiger partial charge in [0.1, 0.15) is 6.04 Å². The number of hydrogen-bond donors (Lipinski definition) is 2. The minimum absolute atomic E-state index is 0.0482. The average molecular weight is 300 g/mol. The predicted molar refractivity (Wildman–Crippen MR) is 81.7 cm³/mol. The molecule has 22 heavy (non-hydrogen) atoms. The Labute approximate surface area is 128 Å². The van der Waals surface area contributed by atoms with Gasteiger partial charge in [-0.1, -0.05) is 30.3 Å². The van der Waals surface area contributed by atoms with Crippen molar-refractivity contribution in [1.29, 1.82) is 0 Å². The Bertz CT molecular complexity index is 636. The average Bonchev–Trinajstić information content (AvgIpc) is 3.28. The molecule has 3 N–H and O–H groups in total. The van der Waals surface area contributed by atoms with Crippen molar-refractivity contribution in [1.82, 2.24) is 25.5 Å². The smallest absolute Gasteiger partial charge is 0.246 e. The molecule has 3 rings (SSSR count). The van der Waals surface area contributed by atoms with Crippen LogP contribution in [0.4, 0.5) is 0 Å². The quantitative estimate of drug-likeness (QED) is 0.820. The van der Waals surface area contributed by atoms with Crippen LogP contribution in [0.3, 0.4) is 0 Å². The van der Waals surface area contributed by atoms with Gasteiger partial charge in [0.2, 0.25) is 11.7 Å². The third-order valence-electron chi connectivity index (χ3n) is 3.96. The summed E-state index contributed by atoms with van der Waals surface area (Å²) in [6, 6.07) is 9.09. The molecule has 0 saturated heterocycles. The van der Waals surface area contributed by atoms with E-state index >= 15 is 0 Å². The highest BCUT2D eigenvalue weighted by atomic mass is 16.2. The normalized spacial score (nSPS) is 17.0. The van der Waals surface area contributed by atoms with E-state index in [-0.39, 0.29) is 11.9 Å². The highest BCUT2D eigenvalue weighted by Crippen LogP contribution is 2.32. The molecule has 7 heteroatoms. The van der Waals surface area contributed by atoms with Crippen molar-refractivity contribution in [2.45, 2.75) is 31.8 Å². The summed E-state index contributed by atoms with van der Waals surface area (Å²) in [7, 11) is 0. The molecule has 1 aromatic carbocycles. The van der Waals surface area contributed by atoms with E-state index < -0.39 is 6.04 Å². The van der Waals surface area contributed by atoms with Gasteiger partial charge in [-0.25, -0.2) is 0 Å². The SMILES string of the molecule is CC(C(=O)NC(CN)C1CC1)n1nnc(-c2ccccc2)n1. The predicted octanol–water partition coefficient (Wildman–Crippen LogP) is 0.755. The zero-order valence-electron chi connectivity index (χ0n) is 12.5. The second kappa shape index (κ2) is 6.23. The zero-order valence-corrected chi connectivity index (χ0v) is 12.5. The summed E-state index contributed by atoms with van der Waals surface area (Å²) in [4.78, 5) is 13.6. The number of nitrogens with zero attached hydrogens (tertiary/aromatic N) is 4. The lowest BCUT2D eigenvalue weighted by Crippen LogP contribution is -2.44. The first-order valence-electron chi connectivity index (χ1n) is 7.54. The molecule has 2 atom stereocenters. The van der Waals surface area contributed by atoms with Crippen LogP contribution in [0.1, 0.15) is 25.8 Å². The Morgan fingerprint density at radius 2 is 2.14 bits per heavy atom. The van der Waals surface area contributed by atoms with E-state index in [2.05, 4.69) is 20.7 Å². The molecule has 116 valence electrons. The maximum atomic E-state index is 12.3. The van der Waals surface area contributed by atoms with Crippen LogP contribution < -0.4 is 11.1 Å². The fourth-order valence-electron chi connectivity index (χ4n) is 2.37. The minimum Gasteiger partial charge on any atom is -0.350 e. The lowest BCUT2D eigenvalue weighted by Gasteiger charge is -2.18. The highest BCUT2D eigenvalue weighted by molar-refractivity contribution is 5.80. The van der Waals surface area contributed by atoms with Crippen LogP contribution in [-0.4, -0.2) is 38.7 Å². The van der Waals surface area contributed by atoms with Crippen LogP contribution in [0.15, 0.2) is 30.3 Å². The van der Waals surface area contributed by atoms with Crippen molar-refractivity contribution in [2.75, 3.05) is 6.54 Å². The van der Waals surface area contributed by atoms with Gasteiger partial charge in [0.15, 0.2) is 0 Å². The number of hydrogen-bond acceptors (Lipinski definition) is 5. The van der Waals surface area contributed by atoms with E-state index in [0.717, 1.165) is 18.4 Å². The summed E-state index contributed by atoms with van der Waals surface area (Å²) in [6.45, 7) is 2.22. The molecule has 1 aliphatic rings. The van der Waals surface area contributed by atoms with Gasteiger partial charge in [-0.05, 0) is 30.9 Å². The molecule has 1 fully saturated rings. The van der Waals surface area contributed by atoms with Crippen molar-refractivity contribution in [3.05, 3.63) is 30.3 Å². The summed E-state index contributed by atoms with van der Waals surface area (Å²) in [5.41, 5.74) is 6.59. The topological polar surface area (TPSA) is 98.7 Å². The Morgan fingerprint density at radius 1 is 1.41 bits per heavy atom. The van der Waals surface area contributed by atoms with Gasteiger partial charge in [0.25, 0.3) is 0 Å². The molecule has 7 nitrogen and oxygen atoms in total. The van der Waals surface area contributed by atoms with E-state index in [0.29, 0.717) is 18.3 Å². The summed E-state index contributed by atoms with van der Waals surface area (Å²) in [5, 5.41) is 15.3. The lowest BCUT2D eigenvalue weighted by molar-refractivity contribution is -0.125. The van der Waals surface area contributed by atoms with Crippen LogP contribution in [0.5, 0.6) is 0 Å². The van der Waals surface area contributed by atoms with Gasteiger partial charge in [-0.2, -0.15) is 4.80 Å². The van der Waals surface area contributed by atoms with Gasteiger partial charge in [-0.15, -0.1) is 10.2 Å². The summed E-state index contributed by atoms with van der Waals surface area (Å²) < 4.78 is 0. The third kappa shape index (κ3) is 3.14. The highest BCUT2D eigenvalue weighted by Gasteiger charge is 2.32. The molecule has 2 aromatic rings. The van der Waals surface area contributed by atoms with E-state index in [4.69, 9.17) is 5.73 Å². The molecule has 1 amide bonds. The monoisotopic (exact) mass is 300 g/mol. The van der Waals surface area contributed by atoms with Crippen molar-refractivity contribution >= 4 is 5.91 Å². The Hall–Kier alpha value is -2.28. The van der Waals surface area contributed by atoms with Gasteiger partial charge < -0.3 is 11.1 Å².